The minimum Gasteiger partial charge on any atom is -0.488 e. The van der Waals surface area contributed by atoms with Crippen molar-refractivity contribution in [2.45, 2.75) is 19.1 Å². The van der Waals surface area contributed by atoms with Gasteiger partial charge in [-0.05, 0) is 19.1 Å². The molecule has 0 saturated carbocycles. The first-order chi connectivity index (χ1) is 9.97. The van der Waals surface area contributed by atoms with Gasteiger partial charge in [0.2, 0.25) is 0 Å². The van der Waals surface area contributed by atoms with Crippen molar-refractivity contribution in [2.75, 3.05) is 26.9 Å². The van der Waals surface area contributed by atoms with Crippen LogP contribution in [-0.2, 0) is 9.47 Å². The van der Waals surface area contributed by atoms with Crippen molar-refractivity contribution in [1.82, 2.24) is 0 Å². The van der Waals surface area contributed by atoms with Crippen LogP contribution in [0, 0.1) is 0 Å². The van der Waals surface area contributed by atoms with Crippen molar-refractivity contribution < 1.29 is 24.1 Å². The fraction of sp³-hybridized carbons (Fsp3) is 0.500. The largest absolute Gasteiger partial charge is 0.488 e. The Morgan fingerprint density at radius 3 is 2.62 bits per heavy atom. The fourth-order valence-electron chi connectivity index (χ4n) is 1.61. The lowest BCUT2D eigenvalue weighted by Gasteiger charge is -2.17. The van der Waals surface area contributed by atoms with E-state index in [1.807, 2.05) is 6.92 Å². The van der Waals surface area contributed by atoms with E-state index in [1.165, 1.54) is 12.1 Å². The van der Waals surface area contributed by atoms with Crippen molar-refractivity contribution in [3.63, 3.8) is 0 Å². The number of hydrogen-bond donors (Lipinski definition) is 1. The molecule has 118 valence electrons. The van der Waals surface area contributed by atoms with E-state index in [1.54, 1.807) is 7.11 Å². The van der Waals surface area contributed by atoms with Crippen LogP contribution >= 0.6 is 23.2 Å². The molecule has 1 rings (SSSR count). The maximum Gasteiger partial charge on any atom is 0.153 e. The summed E-state index contributed by atoms with van der Waals surface area (Å²) in [5.74, 6) is 0.194. The highest BCUT2D eigenvalue weighted by Crippen LogP contribution is 2.31. The lowest BCUT2D eigenvalue weighted by atomic mass is 10.2. The SMILES string of the molecule is COCC(C)OCC(O)COc1c(Cl)cc(Cl)cc1C=O. The molecule has 0 spiro atoms. The van der Waals surface area contributed by atoms with E-state index in [0.717, 1.165) is 0 Å². The van der Waals surface area contributed by atoms with Crippen LogP contribution in [0.1, 0.15) is 17.3 Å². The van der Waals surface area contributed by atoms with Gasteiger partial charge in [0.15, 0.2) is 6.29 Å². The number of benzene rings is 1. The molecular formula is C14H18Cl2O5. The summed E-state index contributed by atoms with van der Waals surface area (Å²) >= 11 is 11.8. The van der Waals surface area contributed by atoms with Crippen LogP contribution in [0.5, 0.6) is 5.75 Å². The number of aliphatic hydroxyl groups excluding tert-OH is 1. The second kappa shape index (κ2) is 9.23. The van der Waals surface area contributed by atoms with E-state index in [2.05, 4.69) is 0 Å². The van der Waals surface area contributed by atoms with Gasteiger partial charge in [-0.3, -0.25) is 4.79 Å². The van der Waals surface area contributed by atoms with E-state index in [4.69, 9.17) is 37.4 Å². The molecule has 0 saturated heterocycles. The highest BCUT2D eigenvalue weighted by molar-refractivity contribution is 6.36. The summed E-state index contributed by atoms with van der Waals surface area (Å²) in [7, 11) is 1.57. The number of ether oxygens (including phenoxy) is 3. The van der Waals surface area contributed by atoms with Gasteiger partial charge in [-0.1, -0.05) is 23.2 Å². The molecule has 0 fully saturated rings. The van der Waals surface area contributed by atoms with Crippen LogP contribution in [-0.4, -0.2) is 50.5 Å². The van der Waals surface area contributed by atoms with Crippen molar-refractivity contribution in [3.05, 3.63) is 27.7 Å². The maximum absolute atomic E-state index is 11.0. The van der Waals surface area contributed by atoms with E-state index < -0.39 is 6.10 Å². The third-order valence-electron chi connectivity index (χ3n) is 2.56. The van der Waals surface area contributed by atoms with E-state index in [9.17, 15) is 9.90 Å². The molecule has 0 heterocycles. The van der Waals surface area contributed by atoms with Crippen LogP contribution < -0.4 is 4.74 Å². The van der Waals surface area contributed by atoms with E-state index >= 15 is 0 Å². The quantitative estimate of drug-likeness (QED) is 0.702. The summed E-state index contributed by atoms with van der Waals surface area (Å²) in [5, 5.41) is 10.3. The maximum atomic E-state index is 11.0. The summed E-state index contributed by atoms with van der Waals surface area (Å²) in [6.45, 7) is 2.30. The molecule has 2 atom stereocenters. The average Bonchev–Trinajstić information content (AvgIpc) is 2.43. The predicted octanol–water partition coefficient (Wildman–Crippen LogP) is 2.60. The summed E-state index contributed by atoms with van der Waals surface area (Å²) < 4.78 is 15.7. The lowest BCUT2D eigenvalue weighted by molar-refractivity contribution is -0.0423. The molecule has 0 aliphatic rings. The van der Waals surface area contributed by atoms with Gasteiger partial charge in [-0.25, -0.2) is 0 Å². The van der Waals surface area contributed by atoms with Crippen LogP contribution in [0.4, 0.5) is 0 Å². The molecule has 1 aromatic rings. The Morgan fingerprint density at radius 2 is 2.00 bits per heavy atom. The van der Waals surface area contributed by atoms with Gasteiger partial charge in [0.25, 0.3) is 0 Å². The van der Waals surface area contributed by atoms with Gasteiger partial charge in [0.1, 0.15) is 18.5 Å². The number of aldehydes is 1. The van der Waals surface area contributed by atoms with E-state index in [0.29, 0.717) is 17.9 Å². The van der Waals surface area contributed by atoms with Crippen LogP contribution in [0.3, 0.4) is 0 Å². The Balaban J connectivity index is 2.53. The Kier molecular flexibility index (Phi) is 8.00. The number of carbonyl (C=O) groups excluding carboxylic acids is 1. The highest BCUT2D eigenvalue weighted by atomic mass is 35.5. The summed E-state index contributed by atoms with van der Waals surface area (Å²) in [6, 6.07) is 2.91. The second-order valence-electron chi connectivity index (χ2n) is 4.49. The molecule has 2 unspecified atom stereocenters. The van der Waals surface area contributed by atoms with Gasteiger partial charge >= 0.3 is 0 Å². The topological polar surface area (TPSA) is 65.0 Å². The number of hydrogen-bond acceptors (Lipinski definition) is 5. The Morgan fingerprint density at radius 1 is 1.29 bits per heavy atom. The van der Waals surface area contributed by atoms with Crippen molar-refractivity contribution in [2.24, 2.45) is 0 Å². The van der Waals surface area contributed by atoms with Gasteiger partial charge in [-0.15, -0.1) is 0 Å². The molecule has 0 aliphatic carbocycles. The summed E-state index contributed by atoms with van der Waals surface area (Å²) in [6.07, 6.45) is -0.388. The zero-order chi connectivity index (χ0) is 15.8. The Labute approximate surface area is 133 Å². The normalized spacial score (nSPS) is 13.8. The molecule has 1 aromatic carbocycles. The zero-order valence-corrected chi connectivity index (χ0v) is 13.4. The number of methoxy groups -OCH3 is 1. The first-order valence-corrected chi connectivity index (χ1v) is 7.09. The van der Waals surface area contributed by atoms with Crippen LogP contribution in [0.25, 0.3) is 0 Å². The van der Waals surface area contributed by atoms with Crippen LogP contribution in [0.15, 0.2) is 12.1 Å². The van der Waals surface area contributed by atoms with Crippen LogP contribution in [0.2, 0.25) is 10.0 Å². The fourth-order valence-corrected chi connectivity index (χ4v) is 2.17. The average molecular weight is 337 g/mol. The predicted molar refractivity (Wildman–Crippen MR) is 80.6 cm³/mol. The molecule has 5 nitrogen and oxygen atoms in total. The van der Waals surface area contributed by atoms with Gasteiger partial charge in [0, 0.05) is 12.1 Å². The monoisotopic (exact) mass is 336 g/mol. The van der Waals surface area contributed by atoms with Gasteiger partial charge < -0.3 is 19.3 Å². The third-order valence-corrected chi connectivity index (χ3v) is 3.06. The smallest absolute Gasteiger partial charge is 0.153 e. The second-order valence-corrected chi connectivity index (χ2v) is 5.33. The van der Waals surface area contributed by atoms with Crippen molar-refractivity contribution in [1.29, 1.82) is 0 Å². The standard InChI is InChI=1S/C14H18Cl2O5/c1-9(6-19-2)20-7-12(18)8-21-14-10(5-17)3-11(15)4-13(14)16/h3-5,9,12,18H,6-8H2,1-2H3. The molecule has 0 aliphatic heterocycles. The molecule has 0 radical (unpaired) electrons. The molecule has 21 heavy (non-hydrogen) atoms. The minimum atomic E-state index is -0.851. The lowest BCUT2D eigenvalue weighted by Crippen LogP contribution is -2.27. The third kappa shape index (κ3) is 6.20. The number of aliphatic hydroxyl groups is 1. The zero-order valence-electron chi connectivity index (χ0n) is 11.8. The van der Waals surface area contributed by atoms with E-state index in [-0.39, 0.29) is 35.7 Å². The first-order valence-electron chi connectivity index (χ1n) is 6.33. The Bertz CT molecular complexity index is 467. The molecule has 1 N–H and O–H groups in total. The van der Waals surface area contributed by atoms with Gasteiger partial charge in [0.05, 0.1) is 29.9 Å². The molecule has 7 heteroatoms. The highest BCUT2D eigenvalue weighted by Gasteiger charge is 2.14. The van der Waals surface area contributed by atoms with Crippen molar-refractivity contribution in [3.8, 4) is 5.75 Å². The number of halogens is 2. The molecule has 0 amide bonds. The molecule has 0 bridgehead atoms. The summed E-state index contributed by atoms with van der Waals surface area (Å²) in [5.41, 5.74) is 0.230. The van der Waals surface area contributed by atoms with Crippen molar-refractivity contribution >= 4 is 29.5 Å². The summed E-state index contributed by atoms with van der Waals surface area (Å²) in [4.78, 5) is 11.0. The minimum absolute atomic E-state index is 0.0537. The van der Waals surface area contributed by atoms with Gasteiger partial charge in [-0.2, -0.15) is 0 Å². The Hall–Kier alpha value is -0.850. The molecule has 0 aromatic heterocycles. The number of carbonyl (C=O) groups is 1. The molecular weight excluding hydrogens is 319 g/mol. The number of rotatable bonds is 9. The first kappa shape index (κ1) is 18.2.